The second-order valence-corrected chi connectivity index (χ2v) is 7.35. The predicted molar refractivity (Wildman–Crippen MR) is 73.9 cm³/mol. The summed E-state index contributed by atoms with van der Waals surface area (Å²) in [4.78, 5) is 22.7. The van der Waals surface area contributed by atoms with Crippen molar-refractivity contribution in [3.63, 3.8) is 0 Å². The van der Waals surface area contributed by atoms with E-state index >= 15 is 0 Å². The molecule has 22 heavy (non-hydrogen) atoms. The Bertz CT molecular complexity index is 721. The molecule has 0 saturated carbocycles. The van der Waals surface area contributed by atoms with Gasteiger partial charge in [-0.1, -0.05) is 0 Å². The van der Waals surface area contributed by atoms with Crippen LogP contribution >= 0.6 is 0 Å². The molecule has 1 saturated heterocycles. The van der Waals surface area contributed by atoms with Crippen molar-refractivity contribution in [2.24, 2.45) is 5.41 Å². The van der Waals surface area contributed by atoms with E-state index in [4.69, 9.17) is 4.42 Å². The summed E-state index contributed by atoms with van der Waals surface area (Å²) in [5.74, 6) is -1.61. The van der Waals surface area contributed by atoms with Crippen LogP contribution in [0.4, 0.5) is 0 Å². The first-order chi connectivity index (χ1) is 10.1. The summed E-state index contributed by atoms with van der Waals surface area (Å²) >= 11 is 0. The summed E-state index contributed by atoms with van der Waals surface area (Å²) in [6.45, 7) is 2.89. The molecule has 2 rings (SSSR count). The summed E-state index contributed by atoms with van der Waals surface area (Å²) in [6, 6.07) is 1.10. The number of sulfonamides is 1. The van der Waals surface area contributed by atoms with Crippen LogP contribution in [0, 0.1) is 12.3 Å². The van der Waals surface area contributed by atoms with Crippen molar-refractivity contribution < 1.29 is 32.3 Å². The van der Waals surface area contributed by atoms with Gasteiger partial charge in [0.25, 0.3) is 10.0 Å². The fourth-order valence-corrected chi connectivity index (χ4v) is 3.86. The number of furan rings is 1. The van der Waals surface area contributed by atoms with Gasteiger partial charge in [0.1, 0.15) is 11.3 Å². The maximum absolute atomic E-state index is 12.5. The number of rotatable bonds is 4. The number of carboxylic acid groups (broad SMARTS) is 1. The lowest BCUT2D eigenvalue weighted by atomic mass is 9.90. The quantitative estimate of drug-likeness (QED) is 0.814. The van der Waals surface area contributed by atoms with E-state index in [1.807, 2.05) is 0 Å². The fraction of sp³-hybridized carbons (Fsp3) is 0.538. The Morgan fingerprint density at radius 2 is 2.09 bits per heavy atom. The standard InChI is InChI=1S/C13H17NO7S/c1-8-9(11(15)20-3)6-10(21-8)22(18,19)14-5-4-13(2,7-14)12(16)17/h6H,4-5,7H2,1-3H3,(H,16,17). The number of carbonyl (C=O) groups excluding carboxylic acids is 1. The van der Waals surface area contributed by atoms with Gasteiger partial charge in [0, 0.05) is 19.2 Å². The maximum Gasteiger partial charge on any atom is 0.341 e. The minimum absolute atomic E-state index is 0.0290. The molecule has 1 atom stereocenters. The largest absolute Gasteiger partial charge is 0.481 e. The zero-order chi connectivity index (χ0) is 16.7. The van der Waals surface area contributed by atoms with Gasteiger partial charge in [0.05, 0.1) is 12.5 Å². The maximum atomic E-state index is 12.5. The average Bonchev–Trinajstić information content (AvgIpc) is 3.03. The van der Waals surface area contributed by atoms with Crippen LogP contribution in [0.25, 0.3) is 0 Å². The fourth-order valence-electron chi connectivity index (χ4n) is 2.32. The third-order valence-electron chi connectivity index (χ3n) is 3.85. The average molecular weight is 331 g/mol. The van der Waals surface area contributed by atoms with Gasteiger partial charge in [-0.2, -0.15) is 4.31 Å². The van der Waals surface area contributed by atoms with Gasteiger partial charge < -0.3 is 14.3 Å². The summed E-state index contributed by atoms with van der Waals surface area (Å²) in [7, 11) is -2.81. The van der Waals surface area contributed by atoms with Gasteiger partial charge in [-0.15, -0.1) is 0 Å². The highest BCUT2D eigenvalue weighted by atomic mass is 32.2. The highest BCUT2D eigenvalue weighted by molar-refractivity contribution is 7.89. The topological polar surface area (TPSA) is 114 Å². The Morgan fingerprint density at radius 1 is 1.45 bits per heavy atom. The minimum atomic E-state index is -3.99. The van der Waals surface area contributed by atoms with Crippen molar-refractivity contribution in [3.8, 4) is 0 Å². The van der Waals surface area contributed by atoms with Gasteiger partial charge in [-0.3, -0.25) is 4.79 Å². The highest BCUT2D eigenvalue weighted by Crippen LogP contribution is 2.34. The van der Waals surface area contributed by atoms with E-state index in [1.54, 1.807) is 0 Å². The zero-order valence-corrected chi connectivity index (χ0v) is 13.3. The molecule has 2 heterocycles. The molecule has 1 aromatic rings. The SMILES string of the molecule is COC(=O)c1cc(S(=O)(=O)N2CCC(C)(C(=O)O)C2)oc1C. The summed E-state index contributed by atoms with van der Waals surface area (Å²) < 4.78 is 35.8. The van der Waals surface area contributed by atoms with Crippen molar-refractivity contribution >= 4 is 22.0 Å². The van der Waals surface area contributed by atoms with Crippen LogP contribution in [-0.2, 0) is 19.6 Å². The van der Waals surface area contributed by atoms with Crippen molar-refractivity contribution in [3.05, 3.63) is 17.4 Å². The van der Waals surface area contributed by atoms with Crippen molar-refractivity contribution in [1.29, 1.82) is 0 Å². The molecule has 0 radical (unpaired) electrons. The number of aryl methyl sites for hydroxylation is 1. The molecule has 1 unspecified atom stereocenters. The molecule has 1 fully saturated rings. The predicted octanol–water partition coefficient (Wildman–Crippen LogP) is 0.860. The van der Waals surface area contributed by atoms with Crippen LogP contribution in [0.3, 0.4) is 0 Å². The zero-order valence-electron chi connectivity index (χ0n) is 12.5. The van der Waals surface area contributed by atoms with Gasteiger partial charge in [0.15, 0.2) is 0 Å². The van der Waals surface area contributed by atoms with Crippen LogP contribution in [-0.4, -0.2) is 50.0 Å². The first-order valence-corrected chi connectivity index (χ1v) is 7.98. The van der Waals surface area contributed by atoms with E-state index in [0.717, 1.165) is 10.4 Å². The number of methoxy groups -OCH3 is 1. The Hall–Kier alpha value is -1.87. The molecular formula is C13H17NO7S. The molecule has 0 aromatic carbocycles. The molecule has 122 valence electrons. The molecule has 1 aliphatic rings. The van der Waals surface area contributed by atoms with Crippen LogP contribution in [0.15, 0.2) is 15.6 Å². The number of nitrogens with zero attached hydrogens (tertiary/aromatic N) is 1. The second kappa shape index (κ2) is 5.40. The molecule has 1 aromatic heterocycles. The van der Waals surface area contributed by atoms with Gasteiger partial charge in [0.2, 0.25) is 5.09 Å². The minimum Gasteiger partial charge on any atom is -0.481 e. The van der Waals surface area contributed by atoms with Crippen molar-refractivity contribution in [2.75, 3.05) is 20.2 Å². The lowest BCUT2D eigenvalue weighted by Crippen LogP contribution is -2.34. The van der Waals surface area contributed by atoms with E-state index in [1.165, 1.54) is 21.0 Å². The van der Waals surface area contributed by atoms with Gasteiger partial charge in [-0.05, 0) is 20.3 Å². The van der Waals surface area contributed by atoms with Gasteiger partial charge in [-0.25, -0.2) is 13.2 Å². The number of aliphatic carboxylic acids is 1. The van der Waals surface area contributed by atoms with E-state index in [-0.39, 0.29) is 35.9 Å². The van der Waals surface area contributed by atoms with E-state index in [0.29, 0.717) is 0 Å². The molecule has 9 heteroatoms. The lowest BCUT2D eigenvalue weighted by Gasteiger charge is -2.18. The Labute approximate surface area is 127 Å². The number of esters is 1. The monoisotopic (exact) mass is 331 g/mol. The molecular weight excluding hydrogens is 314 g/mol. The molecule has 8 nitrogen and oxygen atoms in total. The molecule has 0 spiro atoms. The molecule has 1 N–H and O–H groups in total. The number of hydrogen-bond acceptors (Lipinski definition) is 6. The smallest absolute Gasteiger partial charge is 0.341 e. The first-order valence-electron chi connectivity index (χ1n) is 6.54. The summed E-state index contributed by atoms with van der Waals surface area (Å²) in [5, 5.41) is 8.78. The number of carbonyl (C=O) groups is 2. The Morgan fingerprint density at radius 3 is 2.59 bits per heavy atom. The van der Waals surface area contributed by atoms with E-state index < -0.39 is 27.4 Å². The van der Waals surface area contributed by atoms with Crippen LogP contribution < -0.4 is 0 Å². The number of ether oxygens (including phenoxy) is 1. The van der Waals surface area contributed by atoms with E-state index in [2.05, 4.69) is 4.74 Å². The lowest BCUT2D eigenvalue weighted by molar-refractivity contribution is -0.146. The molecule has 0 aliphatic carbocycles. The first kappa shape index (κ1) is 16.5. The van der Waals surface area contributed by atoms with Crippen LogP contribution in [0.1, 0.15) is 29.5 Å². The normalized spacial score (nSPS) is 22.7. The van der Waals surface area contributed by atoms with Crippen molar-refractivity contribution in [1.82, 2.24) is 4.31 Å². The summed E-state index contributed by atoms with van der Waals surface area (Å²) in [5.41, 5.74) is -1.10. The molecule has 0 amide bonds. The highest BCUT2D eigenvalue weighted by Gasteiger charge is 2.46. The van der Waals surface area contributed by atoms with Crippen LogP contribution in [0.2, 0.25) is 0 Å². The number of hydrogen-bond donors (Lipinski definition) is 1. The third-order valence-corrected chi connectivity index (χ3v) is 5.55. The second-order valence-electron chi connectivity index (χ2n) is 5.48. The Balaban J connectivity index is 2.33. The van der Waals surface area contributed by atoms with Crippen LogP contribution in [0.5, 0.6) is 0 Å². The number of carboxylic acids is 1. The third kappa shape index (κ3) is 2.61. The van der Waals surface area contributed by atoms with Crippen molar-refractivity contribution in [2.45, 2.75) is 25.4 Å². The van der Waals surface area contributed by atoms with E-state index in [9.17, 15) is 23.1 Å². The van der Waals surface area contributed by atoms with Gasteiger partial charge >= 0.3 is 11.9 Å². The summed E-state index contributed by atoms with van der Waals surface area (Å²) in [6.07, 6.45) is 0.213. The molecule has 0 bridgehead atoms. The Kier molecular flexibility index (Phi) is 4.05. The molecule has 1 aliphatic heterocycles.